The van der Waals surface area contributed by atoms with Gasteiger partial charge in [0.2, 0.25) is 5.69 Å². The van der Waals surface area contributed by atoms with Crippen molar-refractivity contribution in [1.82, 2.24) is 14.8 Å². The Labute approximate surface area is 85.8 Å². The molecule has 15 heavy (non-hydrogen) atoms. The third-order valence-electron chi connectivity index (χ3n) is 1.83. The van der Waals surface area contributed by atoms with Crippen LogP contribution in [0.25, 0.3) is 10.7 Å². The van der Waals surface area contributed by atoms with E-state index in [0.717, 1.165) is 6.29 Å². The zero-order valence-corrected chi connectivity index (χ0v) is 7.66. The average Bonchev–Trinajstić information content (AvgIpc) is 2.78. The molecule has 0 aromatic carbocycles. The zero-order valence-electron chi connectivity index (χ0n) is 7.66. The van der Waals surface area contributed by atoms with Gasteiger partial charge in [-0.05, 0) is 6.07 Å². The van der Waals surface area contributed by atoms with Gasteiger partial charge in [-0.2, -0.15) is 5.10 Å². The minimum Gasteiger partial charge on any atom is -0.298 e. The van der Waals surface area contributed by atoms with Crippen LogP contribution in [0.2, 0.25) is 0 Å². The summed E-state index contributed by atoms with van der Waals surface area (Å²) >= 11 is 0. The third-order valence-corrected chi connectivity index (χ3v) is 1.83. The van der Waals surface area contributed by atoms with E-state index in [9.17, 15) is 4.79 Å². The molecule has 0 saturated carbocycles. The molecule has 0 fully saturated rings. The molecule has 0 bridgehead atoms. The van der Waals surface area contributed by atoms with Crippen LogP contribution >= 0.6 is 0 Å². The summed E-state index contributed by atoms with van der Waals surface area (Å²) in [7, 11) is 0. The highest BCUT2D eigenvalue weighted by Crippen LogP contribution is 2.11. The summed E-state index contributed by atoms with van der Waals surface area (Å²) in [6.07, 6.45) is 5.21. The summed E-state index contributed by atoms with van der Waals surface area (Å²) in [6, 6.07) is 3.33. The van der Waals surface area contributed by atoms with Gasteiger partial charge in [0, 0.05) is 12.4 Å². The van der Waals surface area contributed by atoms with E-state index in [1.165, 1.54) is 17.1 Å². The molecule has 0 atom stereocenters. The largest absolute Gasteiger partial charge is 0.298 e. The Morgan fingerprint density at radius 1 is 1.40 bits per heavy atom. The summed E-state index contributed by atoms with van der Waals surface area (Å²) in [4.78, 5) is 17.7. The van der Waals surface area contributed by atoms with E-state index in [0.29, 0.717) is 17.1 Å². The van der Waals surface area contributed by atoms with E-state index in [1.807, 2.05) is 0 Å². The van der Waals surface area contributed by atoms with E-state index < -0.39 is 0 Å². The Balaban J connectivity index is 2.37. The van der Waals surface area contributed by atoms with Gasteiger partial charge in [-0.15, -0.1) is 0 Å². The first-order valence-electron chi connectivity index (χ1n) is 4.17. The Morgan fingerprint density at radius 3 is 2.80 bits per heavy atom. The number of aldehydes is 1. The molecule has 0 spiro atoms. The van der Waals surface area contributed by atoms with Gasteiger partial charge >= 0.3 is 0 Å². The molecule has 0 radical (unpaired) electrons. The highest BCUT2D eigenvalue weighted by molar-refractivity contribution is 5.73. The highest BCUT2D eigenvalue weighted by Gasteiger charge is 2.00. The van der Waals surface area contributed by atoms with Crippen molar-refractivity contribution in [2.75, 3.05) is 0 Å². The first kappa shape index (κ1) is 9.09. The lowest BCUT2D eigenvalue weighted by Crippen LogP contribution is -1.96. The average molecular weight is 198 g/mol. The molecule has 0 N–H and O–H groups in total. The van der Waals surface area contributed by atoms with Gasteiger partial charge in [0.15, 0.2) is 12.1 Å². The standard InChI is InChI=1S/C10H6N4O/c1-11-9-2-3-10(12-5-9)14-6-8(7-15)4-13-14/h2-7H. The fraction of sp³-hybridized carbons (Fsp3) is 0. The molecule has 2 aromatic rings. The number of aromatic nitrogens is 3. The van der Waals surface area contributed by atoms with Crippen LogP contribution in [-0.2, 0) is 0 Å². The fourth-order valence-corrected chi connectivity index (χ4v) is 1.10. The van der Waals surface area contributed by atoms with Gasteiger partial charge in [0.05, 0.1) is 18.3 Å². The SMILES string of the molecule is [C-]#[N+]c1ccc(-n2cc(C=O)cn2)nc1. The Morgan fingerprint density at radius 2 is 2.27 bits per heavy atom. The van der Waals surface area contributed by atoms with Crippen molar-refractivity contribution in [2.24, 2.45) is 0 Å². The monoisotopic (exact) mass is 198 g/mol. The maximum atomic E-state index is 10.4. The molecule has 72 valence electrons. The molecule has 5 nitrogen and oxygen atoms in total. The first-order valence-corrected chi connectivity index (χ1v) is 4.17. The molecule has 2 heterocycles. The van der Waals surface area contributed by atoms with Crippen LogP contribution in [-0.4, -0.2) is 21.1 Å². The second-order valence-electron chi connectivity index (χ2n) is 2.82. The predicted molar refractivity (Wildman–Crippen MR) is 53.0 cm³/mol. The third kappa shape index (κ3) is 1.74. The van der Waals surface area contributed by atoms with Crippen molar-refractivity contribution in [1.29, 1.82) is 0 Å². The van der Waals surface area contributed by atoms with Crippen LogP contribution in [0.5, 0.6) is 0 Å². The van der Waals surface area contributed by atoms with E-state index >= 15 is 0 Å². The molecule has 2 aromatic heterocycles. The predicted octanol–water partition coefficient (Wildman–Crippen LogP) is 1.63. The lowest BCUT2D eigenvalue weighted by atomic mass is 10.4. The van der Waals surface area contributed by atoms with Crippen LogP contribution in [0.15, 0.2) is 30.7 Å². The summed E-state index contributed by atoms with van der Waals surface area (Å²) < 4.78 is 1.48. The van der Waals surface area contributed by atoms with Crippen LogP contribution in [0, 0.1) is 6.57 Å². The molecule has 0 saturated heterocycles. The molecule has 0 amide bonds. The van der Waals surface area contributed by atoms with Crippen LogP contribution in [0.1, 0.15) is 10.4 Å². The quantitative estimate of drug-likeness (QED) is 0.544. The first-order chi connectivity index (χ1) is 7.33. The van der Waals surface area contributed by atoms with Crippen molar-refractivity contribution in [2.45, 2.75) is 0 Å². The van der Waals surface area contributed by atoms with Crippen molar-refractivity contribution in [3.05, 3.63) is 47.7 Å². The number of carbonyl (C=O) groups is 1. The number of pyridine rings is 1. The van der Waals surface area contributed by atoms with Crippen LogP contribution in [0.4, 0.5) is 5.69 Å². The zero-order chi connectivity index (χ0) is 10.7. The molecule has 0 aliphatic carbocycles. The van der Waals surface area contributed by atoms with Crippen molar-refractivity contribution >= 4 is 12.0 Å². The van der Waals surface area contributed by atoms with Crippen molar-refractivity contribution in [3.63, 3.8) is 0 Å². The Bertz CT molecular complexity index is 521. The van der Waals surface area contributed by atoms with Gasteiger partial charge in [0.25, 0.3) is 0 Å². The summed E-state index contributed by atoms with van der Waals surface area (Å²) in [5, 5.41) is 3.96. The number of nitrogens with zero attached hydrogens (tertiary/aromatic N) is 4. The van der Waals surface area contributed by atoms with Gasteiger partial charge in [-0.25, -0.2) is 14.5 Å². The van der Waals surface area contributed by atoms with Gasteiger partial charge in [-0.1, -0.05) is 6.07 Å². The summed E-state index contributed by atoms with van der Waals surface area (Å²) in [5.41, 5.74) is 0.965. The highest BCUT2D eigenvalue weighted by atomic mass is 16.1. The smallest absolute Gasteiger partial charge is 0.205 e. The lowest BCUT2D eigenvalue weighted by molar-refractivity contribution is 0.112. The van der Waals surface area contributed by atoms with E-state index in [-0.39, 0.29) is 0 Å². The van der Waals surface area contributed by atoms with Crippen molar-refractivity contribution in [3.8, 4) is 5.82 Å². The molecule has 5 heteroatoms. The van der Waals surface area contributed by atoms with Crippen LogP contribution < -0.4 is 0 Å². The number of rotatable bonds is 2. The van der Waals surface area contributed by atoms with Crippen molar-refractivity contribution < 1.29 is 4.79 Å². The second kappa shape index (κ2) is 3.72. The Kier molecular flexibility index (Phi) is 2.25. The molecule has 0 aliphatic heterocycles. The maximum Gasteiger partial charge on any atom is 0.205 e. The van der Waals surface area contributed by atoms with E-state index in [2.05, 4.69) is 14.9 Å². The normalized spacial score (nSPS) is 9.53. The Hall–Kier alpha value is -2.48. The topological polar surface area (TPSA) is 52.1 Å². The minimum atomic E-state index is 0.474. The molecule has 2 rings (SSSR count). The minimum absolute atomic E-state index is 0.474. The molecular formula is C10H6N4O. The molecule has 0 aliphatic rings. The molecular weight excluding hydrogens is 192 g/mol. The van der Waals surface area contributed by atoms with Gasteiger partial charge in [-0.3, -0.25) is 4.79 Å². The van der Waals surface area contributed by atoms with E-state index in [1.54, 1.807) is 18.3 Å². The molecule has 0 unspecified atom stereocenters. The number of hydrogen-bond acceptors (Lipinski definition) is 3. The number of carbonyl (C=O) groups excluding carboxylic acids is 1. The fourth-order valence-electron chi connectivity index (χ4n) is 1.10. The summed E-state index contributed by atoms with van der Waals surface area (Å²) in [5.74, 6) is 0.579. The number of hydrogen-bond donors (Lipinski definition) is 0. The second-order valence-corrected chi connectivity index (χ2v) is 2.82. The maximum absolute atomic E-state index is 10.4. The van der Waals surface area contributed by atoms with Gasteiger partial charge in [0.1, 0.15) is 0 Å². The summed E-state index contributed by atoms with van der Waals surface area (Å²) in [6.45, 7) is 6.77. The van der Waals surface area contributed by atoms with Crippen LogP contribution in [0.3, 0.4) is 0 Å². The van der Waals surface area contributed by atoms with E-state index in [4.69, 9.17) is 6.57 Å². The van der Waals surface area contributed by atoms with Gasteiger partial charge < -0.3 is 0 Å². The lowest BCUT2D eigenvalue weighted by Gasteiger charge is -1.98.